The minimum atomic E-state index is -2.79. The van der Waals surface area contributed by atoms with Crippen LogP contribution < -0.4 is 4.90 Å². The smallest absolute Gasteiger partial charge is 0.208 e. The van der Waals surface area contributed by atoms with Crippen LogP contribution in [0.3, 0.4) is 0 Å². The lowest BCUT2D eigenvalue weighted by atomic mass is 10.1. The highest BCUT2D eigenvalue weighted by Gasteiger charge is 2.29. The standard InChI is InChI=1S/C11H19N3O2S2/c1-8(2)10-12-13-11(17-10)14(3)6-9-4-5-18(15,16)7-9/h8-9H,4-7H2,1-3H3. The SMILES string of the molecule is CC(C)c1nnc(N(C)CC2CCS(=O)(=O)C2)s1. The zero-order valence-corrected chi connectivity index (χ0v) is 12.6. The van der Waals surface area contributed by atoms with E-state index in [0.29, 0.717) is 17.4 Å². The highest BCUT2D eigenvalue weighted by molar-refractivity contribution is 7.91. The molecular formula is C11H19N3O2S2. The zero-order valence-electron chi connectivity index (χ0n) is 11.0. The van der Waals surface area contributed by atoms with Crippen LogP contribution in [0.1, 0.15) is 31.2 Å². The molecule has 102 valence electrons. The van der Waals surface area contributed by atoms with Crippen molar-refractivity contribution in [1.29, 1.82) is 0 Å². The third-order valence-electron chi connectivity index (χ3n) is 3.11. The fraction of sp³-hybridized carbons (Fsp3) is 0.818. The van der Waals surface area contributed by atoms with Gasteiger partial charge in [0.05, 0.1) is 11.5 Å². The molecule has 2 heterocycles. The van der Waals surface area contributed by atoms with E-state index in [1.165, 1.54) is 0 Å². The lowest BCUT2D eigenvalue weighted by Gasteiger charge is -2.18. The first-order valence-corrected chi connectivity index (χ1v) is 8.76. The Labute approximate surface area is 112 Å². The van der Waals surface area contributed by atoms with Gasteiger partial charge in [0.25, 0.3) is 0 Å². The van der Waals surface area contributed by atoms with Gasteiger partial charge in [-0.15, -0.1) is 10.2 Å². The van der Waals surface area contributed by atoms with Gasteiger partial charge >= 0.3 is 0 Å². The van der Waals surface area contributed by atoms with Crippen molar-refractivity contribution in [2.75, 3.05) is 30.0 Å². The van der Waals surface area contributed by atoms with Crippen LogP contribution >= 0.6 is 11.3 Å². The molecule has 1 atom stereocenters. The minimum Gasteiger partial charge on any atom is -0.349 e. The number of anilines is 1. The molecule has 1 fully saturated rings. The number of hydrogen-bond donors (Lipinski definition) is 0. The Hall–Kier alpha value is -0.690. The molecule has 1 aromatic heterocycles. The van der Waals surface area contributed by atoms with E-state index in [2.05, 4.69) is 24.0 Å². The van der Waals surface area contributed by atoms with E-state index < -0.39 is 9.84 Å². The highest BCUT2D eigenvalue weighted by atomic mass is 32.2. The molecule has 2 rings (SSSR count). The molecule has 0 radical (unpaired) electrons. The van der Waals surface area contributed by atoms with Gasteiger partial charge < -0.3 is 4.90 Å². The van der Waals surface area contributed by atoms with Crippen LogP contribution in [0, 0.1) is 5.92 Å². The Morgan fingerprint density at radius 3 is 2.67 bits per heavy atom. The second-order valence-electron chi connectivity index (χ2n) is 5.23. The lowest BCUT2D eigenvalue weighted by Crippen LogP contribution is -2.26. The Balaban J connectivity index is 1.97. The van der Waals surface area contributed by atoms with Crippen molar-refractivity contribution in [2.24, 2.45) is 5.92 Å². The first kappa shape index (κ1) is 13.7. The molecule has 1 saturated heterocycles. The number of hydrogen-bond acceptors (Lipinski definition) is 6. The largest absolute Gasteiger partial charge is 0.349 e. The number of sulfone groups is 1. The second-order valence-corrected chi connectivity index (χ2v) is 8.44. The molecule has 0 aromatic carbocycles. The first-order chi connectivity index (χ1) is 8.37. The Bertz CT molecular complexity index is 510. The number of aromatic nitrogens is 2. The van der Waals surface area contributed by atoms with Gasteiger partial charge in [0.1, 0.15) is 5.01 Å². The van der Waals surface area contributed by atoms with E-state index in [9.17, 15) is 8.42 Å². The van der Waals surface area contributed by atoms with E-state index in [4.69, 9.17) is 0 Å². The molecule has 1 aliphatic heterocycles. The normalized spacial score (nSPS) is 22.6. The summed E-state index contributed by atoms with van der Waals surface area (Å²) in [6, 6.07) is 0. The van der Waals surface area contributed by atoms with E-state index in [1.54, 1.807) is 11.3 Å². The van der Waals surface area contributed by atoms with Crippen LogP contribution in [0.2, 0.25) is 0 Å². The molecule has 0 amide bonds. The molecule has 18 heavy (non-hydrogen) atoms. The van der Waals surface area contributed by atoms with Crippen LogP contribution in [-0.2, 0) is 9.84 Å². The second kappa shape index (κ2) is 5.13. The van der Waals surface area contributed by atoms with Gasteiger partial charge in [0, 0.05) is 19.5 Å². The van der Waals surface area contributed by atoms with Crippen LogP contribution in [-0.4, -0.2) is 43.7 Å². The predicted octanol–water partition coefficient (Wildman–Crippen LogP) is 1.53. The summed E-state index contributed by atoms with van der Waals surface area (Å²) >= 11 is 1.59. The maximum atomic E-state index is 11.4. The van der Waals surface area contributed by atoms with E-state index in [1.807, 2.05) is 11.9 Å². The fourth-order valence-electron chi connectivity index (χ4n) is 2.10. The summed E-state index contributed by atoms with van der Waals surface area (Å²) in [6.45, 7) is 4.92. The summed E-state index contributed by atoms with van der Waals surface area (Å²) in [5.41, 5.74) is 0. The van der Waals surface area contributed by atoms with Crippen molar-refractivity contribution >= 4 is 26.3 Å². The number of nitrogens with zero attached hydrogens (tertiary/aromatic N) is 3. The van der Waals surface area contributed by atoms with Crippen molar-refractivity contribution in [1.82, 2.24) is 10.2 Å². The van der Waals surface area contributed by atoms with E-state index in [0.717, 1.165) is 23.1 Å². The molecule has 7 heteroatoms. The first-order valence-electron chi connectivity index (χ1n) is 6.12. The van der Waals surface area contributed by atoms with Crippen LogP contribution in [0.15, 0.2) is 0 Å². The van der Waals surface area contributed by atoms with E-state index >= 15 is 0 Å². The van der Waals surface area contributed by atoms with Crippen LogP contribution in [0.4, 0.5) is 5.13 Å². The van der Waals surface area contributed by atoms with Gasteiger partial charge in [-0.2, -0.15) is 0 Å². The average Bonchev–Trinajstić information content (AvgIpc) is 2.85. The monoisotopic (exact) mass is 289 g/mol. The summed E-state index contributed by atoms with van der Waals surface area (Å²) in [5, 5.41) is 10.2. The zero-order chi connectivity index (χ0) is 13.3. The fourth-order valence-corrected chi connectivity index (χ4v) is 4.76. The summed E-state index contributed by atoms with van der Waals surface area (Å²) < 4.78 is 22.8. The molecule has 0 saturated carbocycles. The molecule has 1 aromatic rings. The van der Waals surface area contributed by atoms with E-state index in [-0.39, 0.29) is 5.92 Å². The van der Waals surface area contributed by atoms with Crippen molar-refractivity contribution in [3.8, 4) is 0 Å². The molecule has 0 spiro atoms. The van der Waals surface area contributed by atoms with Crippen molar-refractivity contribution in [3.63, 3.8) is 0 Å². The molecule has 1 aliphatic rings. The molecule has 5 nitrogen and oxygen atoms in total. The Morgan fingerprint density at radius 2 is 2.17 bits per heavy atom. The summed E-state index contributed by atoms with van der Waals surface area (Å²) in [4.78, 5) is 2.02. The third-order valence-corrected chi connectivity index (χ3v) is 6.28. The van der Waals surface area contributed by atoms with Crippen molar-refractivity contribution < 1.29 is 8.42 Å². The summed E-state index contributed by atoms with van der Waals surface area (Å²) in [7, 11) is -0.837. The van der Waals surface area contributed by atoms with Crippen molar-refractivity contribution in [3.05, 3.63) is 5.01 Å². The Morgan fingerprint density at radius 1 is 1.44 bits per heavy atom. The highest BCUT2D eigenvalue weighted by Crippen LogP contribution is 2.27. The average molecular weight is 289 g/mol. The molecule has 0 N–H and O–H groups in total. The quantitative estimate of drug-likeness (QED) is 0.841. The summed E-state index contributed by atoms with van der Waals surface area (Å²) in [5.74, 6) is 1.26. The minimum absolute atomic E-state index is 0.228. The predicted molar refractivity (Wildman–Crippen MR) is 74.0 cm³/mol. The lowest BCUT2D eigenvalue weighted by molar-refractivity contribution is 0.580. The maximum absolute atomic E-state index is 11.4. The Kier molecular flexibility index (Phi) is 3.91. The molecule has 0 aliphatic carbocycles. The maximum Gasteiger partial charge on any atom is 0.208 e. The molecule has 1 unspecified atom stereocenters. The van der Waals surface area contributed by atoms with Gasteiger partial charge in [0.2, 0.25) is 5.13 Å². The van der Waals surface area contributed by atoms with Crippen LogP contribution in [0.5, 0.6) is 0 Å². The molecular weight excluding hydrogens is 270 g/mol. The topological polar surface area (TPSA) is 63.2 Å². The van der Waals surface area contributed by atoms with Gasteiger partial charge in [-0.05, 0) is 12.3 Å². The number of rotatable bonds is 4. The van der Waals surface area contributed by atoms with Gasteiger partial charge in [0.15, 0.2) is 9.84 Å². The van der Waals surface area contributed by atoms with Gasteiger partial charge in [-0.1, -0.05) is 25.2 Å². The van der Waals surface area contributed by atoms with Crippen molar-refractivity contribution in [2.45, 2.75) is 26.2 Å². The van der Waals surface area contributed by atoms with Gasteiger partial charge in [-0.25, -0.2) is 8.42 Å². The summed E-state index contributed by atoms with van der Waals surface area (Å²) in [6.07, 6.45) is 0.766. The van der Waals surface area contributed by atoms with Crippen LogP contribution in [0.25, 0.3) is 0 Å². The van der Waals surface area contributed by atoms with Gasteiger partial charge in [-0.3, -0.25) is 0 Å². The third kappa shape index (κ3) is 3.20. The molecule has 0 bridgehead atoms.